The van der Waals surface area contributed by atoms with Gasteiger partial charge >= 0.3 is 0 Å². The summed E-state index contributed by atoms with van der Waals surface area (Å²) in [4.78, 5) is 2.54. The van der Waals surface area contributed by atoms with Crippen LogP contribution in [0.25, 0.3) is 0 Å². The highest BCUT2D eigenvalue weighted by atomic mass is 16.5. The minimum absolute atomic E-state index is 0.168. The van der Waals surface area contributed by atoms with Crippen LogP contribution in [-0.4, -0.2) is 42.9 Å². The second-order valence-corrected chi connectivity index (χ2v) is 6.11. The number of nitrogens with zero attached hydrogens (tertiary/aromatic N) is 1. The van der Waals surface area contributed by atoms with E-state index in [1.165, 1.54) is 24.8 Å². The van der Waals surface area contributed by atoms with Crippen LogP contribution in [0.2, 0.25) is 0 Å². The number of phenolic OH excluding ortho intramolecular Hbond substituents is 1. The van der Waals surface area contributed by atoms with E-state index in [0.717, 1.165) is 39.3 Å². The van der Waals surface area contributed by atoms with Gasteiger partial charge in [-0.3, -0.25) is 0 Å². The molecular weight excluding hydrogens is 262 g/mol. The first-order valence-corrected chi connectivity index (χ1v) is 8.30. The van der Waals surface area contributed by atoms with Crippen LogP contribution in [0.3, 0.4) is 0 Å². The van der Waals surface area contributed by atoms with Crippen molar-refractivity contribution in [1.82, 2.24) is 4.90 Å². The van der Waals surface area contributed by atoms with Crippen molar-refractivity contribution in [1.29, 1.82) is 0 Å². The standard InChI is InChI=1S/C18H29NO2/c1-3-18(16-8-7-9-17(20)14-16)10-5-6-11-19(15-18)12-13-21-4-2/h7-9,14,20H,3-6,10-13,15H2,1-2H3. The molecule has 1 unspecified atom stereocenters. The summed E-state index contributed by atoms with van der Waals surface area (Å²) in [7, 11) is 0. The molecule has 0 spiro atoms. The Hall–Kier alpha value is -1.06. The molecule has 1 heterocycles. The van der Waals surface area contributed by atoms with Gasteiger partial charge in [0.2, 0.25) is 0 Å². The van der Waals surface area contributed by atoms with Gasteiger partial charge in [0.15, 0.2) is 0 Å². The van der Waals surface area contributed by atoms with E-state index >= 15 is 0 Å². The zero-order valence-electron chi connectivity index (χ0n) is 13.5. The molecule has 1 aliphatic rings. The number of hydrogen-bond donors (Lipinski definition) is 1. The second-order valence-electron chi connectivity index (χ2n) is 6.11. The molecule has 1 aliphatic heterocycles. The summed E-state index contributed by atoms with van der Waals surface area (Å²) < 4.78 is 5.52. The van der Waals surface area contributed by atoms with Crippen LogP contribution in [0.5, 0.6) is 5.75 Å². The summed E-state index contributed by atoms with van der Waals surface area (Å²) in [6.07, 6.45) is 4.83. The summed E-state index contributed by atoms with van der Waals surface area (Å²) in [6, 6.07) is 7.86. The molecule has 1 atom stereocenters. The van der Waals surface area contributed by atoms with Gasteiger partial charge in [-0.25, -0.2) is 0 Å². The van der Waals surface area contributed by atoms with Crippen LogP contribution in [0.4, 0.5) is 0 Å². The Morgan fingerprint density at radius 3 is 2.86 bits per heavy atom. The van der Waals surface area contributed by atoms with Gasteiger partial charge in [0, 0.05) is 25.1 Å². The van der Waals surface area contributed by atoms with Crippen LogP contribution in [0.15, 0.2) is 24.3 Å². The fourth-order valence-corrected chi connectivity index (χ4v) is 3.48. The highest BCUT2D eigenvalue weighted by molar-refractivity contribution is 5.33. The number of rotatable bonds is 6. The molecule has 0 radical (unpaired) electrons. The molecule has 3 nitrogen and oxygen atoms in total. The number of aromatic hydroxyl groups is 1. The molecule has 0 amide bonds. The average molecular weight is 291 g/mol. The van der Waals surface area contributed by atoms with Crippen molar-refractivity contribution in [2.45, 2.75) is 44.9 Å². The summed E-state index contributed by atoms with van der Waals surface area (Å²) in [5.41, 5.74) is 1.45. The maximum absolute atomic E-state index is 9.83. The number of likely N-dealkylation sites (tertiary alicyclic amines) is 1. The van der Waals surface area contributed by atoms with Crippen LogP contribution in [0.1, 0.15) is 45.1 Å². The molecule has 0 saturated carbocycles. The molecule has 1 saturated heterocycles. The van der Waals surface area contributed by atoms with Gasteiger partial charge in [0.1, 0.15) is 5.75 Å². The highest BCUT2D eigenvalue weighted by Gasteiger charge is 2.34. The minimum Gasteiger partial charge on any atom is -0.508 e. The van der Waals surface area contributed by atoms with Crippen molar-refractivity contribution >= 4 is 0 Å². The van der Waals surface area contributed by atoms with E-state index in [1.807, 2.05) is 19.1 Å². The maximum Gasteiger partial charge on any atom is 0.115 e. The Labute approximate surface area is 128 Å². The Bertz CT molecular complexity index is 435. The van der Waals surface area contributed by atoms with E-state index in [4.69, 9.17) is 4.74 Å². The van der Waals surface area contributed by atoms with Crippen LogP contribution in [-0.2, 0) is 10.2 Å². The SMILES string of the molecule is CCOCCN1CCCCC(CC)(c2cccc(O)c2)C1. The summed E-state index contributed by atoms with van der Waals surface area (Å²) in [5.74, 6) is 0.380. The first-order chi connectivity index (χ1) is 10.2. The zero-order chi connectivity index (χ0) is 15.1. The van der Waals surface area contributed by atoms with Crippen molar-refractivity contribution in [2.75, 3.05) is 32.8 Å². The van der Waals surface area contributed by atoms with E-state index in [0.29, 0.717) is 5.75 Å². The second kappa shape index (κ2) is 7.81. The molecule has 0 bridgehead atoms. The Balaban J connectivity index is 2.15. The van der Waals surface area contributed by atoms with Gasteiger partial charge in [-0.2, -0.15) is 0 Å². The van der Waals surface area contributed by atoms with E-state index in [2.05, 4.69) is 17.9 Å². The van der Waals surface area contributed by atoms with Gasteiger partial charge in [-0.15, -0.1) is 0 Å². The van der Waals surface area contributed by atoms with Gasteiger partial charge in [-0.1, -0.05) is 25.5 Å². The predicted octanol–water partition coefficient (Wildman–Crippen LogP) is 3.56. The topological polar surface area (TPSA) is 32.7 Å². The lowest BCUT2D eigenvalue weighted by Gasteiger charge is -2.36. The number of benzene rings is 1. The third-order valence-electron chi connectivity index (χ3n) is 4.80. The van der Waals surface area contributed by atoms with Crippen LogP contribution in [0, 0.1) is 0 Å². The third kappa shape index (κ3) is 4.21. The fourth-order valence-electron chi connectivity index (χ4n) is 3.48. The molecule has 0 aliphatic carbocycles. The molecule has 1 aromatic carbocycles. The Kier molecular flexibility index (Phi) is 6.07. The summed E-state index contributed by atoms with van der Waals surface area (Å²) in [6.45, 7) is 9.17. The predicted molar refractivity (Wildman–Crippen MR) is 86.9 cm³/mol. The third-order valence-corrected chi connectivity index (χ3v) is 4.80. The van der Waals surface area contributed by atoms with Crippen molar-refractivity contribution in [3.8, 4) is 5.75 Å². The van der Waals surface area contributed by atoms with Crippen LogP contribution >= 0.6 is 0 Å². The quantitative estimate of drug-likeness (QED) is 0.813. The lowest BCUT2D eigenvalue weighted by atomic mass is 9.74. The number of hydrogen-bond acceptors (Lipinski definition) is 3. The molecule has 118 valence electrons. The zero-order valence-corrected chi connectivity index (χ0v) is 13.5. The van der Waals surface area contributed by atoms with Crippen molar-refractivity contribution in [3.05, 3.63) is 29.8 Å². The Morgan fingerprint density at radius 1 is 1.29 bits per heavy atom. The average Bonchev–Trinajstić information content (AvgIpc) is 2.71. The lowest BCUT2D eigenvalue weighted by Crippen LogP contribution is -2.40. The molecule has 1 N–H and O–H groups in total. The molecular formula is C18H29NO2. The van der Waals surface area contributed by atoms with E-state index < -0.39 is 0 Å². The number of ether oxygens (including phenoxy) is 1. The maximum atomic E-state index is 9.83. The molecule has 21 heavy (non-hydrogen) atoms. The monoisotopic (exact) mass is 291 g/mol. The molecule has 1 fully saturated rings. The van der Waals surface area contributed by atoms with Gasteiger partial charge in [-0.05, 0) is 50.4 Å². The van der Waals surface area contributed by atoms with Gasteiger partial charge < -0.3 is 14.7 Å². The fraction of sp³-hybridized carbons (Fsp3) is 0.667. The van der Waals surface area contributed by atoms with Crippen molar-refractivity contribution in [2.24, 2.45) is 0 Å². The van der Waals surface area contributed by atoms with Crippen LogP contribution < -0.4 is 0 Å². The summed E-state index contributed by atoms with van der Waals surface area (Å²) >= 11 is 0. The minimum atomic E-state index is 0.168. The van der Waals surface area contributed by atoms with Gasteiger partial charge in [0.05, 0.1) is 6.61 Å². The molecule has 1 aromatic rings. The Morgan fingerprint density at radius 2 is 2.14 bits per heavy atom. The number of phenols is 1. The smallest absolute Gasteiger partial charge is 0.115 e. The van der Waals surface area contributed by atoms with E-state index in [-0.39, 0.29) is 5.41 Å². The largest absolute Gasteiger partial charge is 0.508 e. The lowest BCUT2D eigenvalue weighted by molar-refractivity contribution is 0.105. The molecule has 2 rings (SSSR count). The first-order valence-electron chi connectivity index (χ1n) is 8.30. The van der Waals surface area contributed by atoms with Gasteiger partial charge in [0.25, 0.3) is 0 Å². The van der Waals surface area contributed by atoms with E-state index in [1.54, 1.807) is 6.07 Å². The van der Waals surface area contributed by atoms with Crippen molar-refractivity contribution in [3.63, 3.8) is 0 Å². The molecule has 0 aromatic heterocycles. The van der Waals surface area contributed by atoms with E-state index in [9.17, 15) is 5.11 Å². The van der Waals surface area contributed by atoms with Crippen molar-refractivity contribution < 1.29 is 9.84 Å². The molecule has 3 heteroatoms. The summed E-state index contributed by atoms with van der Waals surface area (Å²) in [5, 5.41) is 9.83. The normalized spacial score (nSPS) is 23.9. The highest BCUT2D eigenvalue weighted by Crippen LogP contribution is 2.37. The first kappa shape index (κ1) is 16.3.